The second-order valence-corrected chi connectivity index (χ2v) is 7.84. The second kappa shape index (κ2) is 9.18. The molecule has 27 heavy (non-hydrogen) atoms. The van der Waals surface area contributed by atoms with E-state index in [-0.39, 0.29) is 4.90 Å². The maximum atomic E-state index is 12.4. The highest BCUT2D eigenvalue weighted by atomic mass is 32.2. The van der Waals surface area contributed by atoms with E-state index < -0.39 is 10.0 Å². The van der Waals surface area contributed by atoms with Crippen LogP contribution in [0.1, 0.15) is 0 Å². The fourth-order valence-corrected chi connectivity index (χ4v) is 3.78. The predicted molar refractivity (Wildman–Crippen MR) is 102 cm³/mol. The average Bonchev–Trinajstić information content (AvgIpc) is 2.69. The summed E-state index contributed by atoms with van der Waals surface area (Å²) in [4.78, 5) is 2.38. The molecular formula is C19H24N2O5S. The van der Waals surface area contributed by atoms with Crippen molar-refractivity contribution in [2.45, 2.75) is 4.90 Å². The van der Waals surface area contributed by atoms with E-state index in [9.17, 15) is 8.42 Å². The van der Waals surface area contributed by atoms with Crippen molar-refractivity contribution in [2.24, 2.45) is 0 Å². The van der Waals surface area contributed by atoms with Crippen LogP contribution in [0.3, 0.4) is 0 Å². The van der Waals surface area contributed by atoms with Gasteiger partial charge in [0, 0.05) is 26.2 Å². The summed E-state index contributed by atoms with van der Waals surface area (Å²) in [5, 5.41) is 0. The van der Waals surface area contributed by atoms with Crippen molar-refractivity contribution in [2.75, 3.05) is 46.5 Å². The fraction of sp³-hybridized carbons (Fsp3) is 0.368. The van der Waals surface area contributed by atoms with Crippen LogP contribution >= 0.6 is 0 Å². The van der Waals surface area contributed by atoms with Crippen molar-refractivity contribution in [3.63, 3.8) is 0 Å². The second-order valence-electron chi connectivity index (χ2n) is 6.08. The minimum absolute atomic E-state index is 0.205. The highest BCUT2D eigenvalue weighted by Crippen LogP contribution is 2.31. The number of methoxy groups -OCH3 is 1. The molecule has 3 rings (SSSR count). The minimum atomic E-state index is -3.55. The molecule has 2 aromatic rings. The molecule has 0 aromatic heterocycles. The van der Waals surface area contributed by atoms with E-state index in [0.29, 0.717) is 43.6 Å². The first-order valence-corrected chi connectivity index (χ1v) is 10.3. The number of morpholine rings is 1. The van der Waals surface area contributed by atoms with Gasteiger partial charge in [-0.3, -0.25) is 4.90 Å². The number of sulfonamides is 1. The molecule has 146 valence electrons. The largest absolute Gasteiger partial charge is 0.493 e. The van der Waals surface area contributed by atoms with E-state index in [2.05, 4.69) is 9.62 Å². The SMILES string of the molecule is COc1ccccc1Oc1ccc(S(=O)(=O)NCCN2CCOCC2)cc1. The van der Waals surface area contributed by atoms with Crippen LogP contribution in [0.25, 0.3) is 0 Å². The highest BCUT2D eigenvalue weighted by molar-refractivity contribution is 7.89. The Morgan fingerprint density at radius 1 is 1.04 bits per heavy atom. The molecule has 1 fully saturated rings. The number of nitrogens with one attached hydrogen (secondary N) is 1. The van der Waals surface area contributed by atoms with Crippen LogP contribution in [0.2, 0.25) is 0 Å². The van der Waals surface area contributed by atoms with E-state index in [0.717, 1.165) is 13.1 Å². The third-order valence-corrected chi connectivity index (χ3v) is 5.73. The number of rotatable bonds is 8. The summed E-state index contributed by atoms with van der Waals surface area (Å²) in [5.74, 6) is 1.71. The molecular weight excluding hydrogens is 368 g/mol. The van der Waals surface area contributed by atoms with Crippen LogP contribution < -0.4 is 14.2 Å². The van der Waals surface area contributed by atoms with Crippen molar-refractivity contribution in [1.29, 1.82) is 0 Å². The quantitative estimate of drug-likeness (QED) is 0.741. The van der Waals surface area contributed by atoms with Crippen LogP contribution in [-0.2, 0) is 14.8 Å². The molecule has 8 heteroatoms. The number of para-hydroxylation sites is 2. The molecule has 0 unspecified atom stereocenters. The van der Waals surface area contributed by atoms with Gasteiger partial charge in [-0.25, -0.2) is 13.1 Å². The smallest absolute Gasteiger partial charge is 0.240 e. The molecule has 0 radical (unpaired) electrons. The van der Waals surface area contributed by atoms with Gasteiger partial charge in [-0.1, -0.05) is 12.1 Å². The molecule has 0 spiro atoms. The zero-order valence-electron chi connectivity index (χ0n) is 15.3. The lowest BCUT2D eigenvalue weighted by atomic mass is 10.3. The Bertz CT molecular complexity index is 833. The van der Waals surface area contributed by atoms with Crippen molar-refractivity contribution in [3.8, 4) is 17.2 Å². The maximum absolute atomic E-state index is 12.4. The molecule has 7 nitrogen and oxygen atoms in total. The van der Waals surface area contributed by atoms with Crippen LogP contribution in [0, 0.1) is 0 Å². The van der Waals surface area contributed by atoms with Crippen LogP contribution in [0.15, 0.2) is 53.4 Å². The van der Waals surface area contributed by atoms with Gasteiger partial charge in [0.1, 0.15) is 5.75 Å². The predicted octanol–water partition coefficient (Wildman–Crippen LogP) is 2.10. The molecule has 1 heterocycles. The molecule has 0 atom stereocenters. The Balaban J connectivity index is 1.58. The van der Waals surface area contributed by atoms with E-state index in [4.69, 9.17) is 14.2 Å². The molecule has 0 aliphatic carbocycles. The molecule has 1 N–H and O–H groups in total. The fourth-order valence-electron chi connectivity index (χ4n) is 2.76. The lowest BCUT2D eigenvalue weighted by Crippen LogP contribution is -2.41. The van der Waals surface area contributed by atoms with Gasteiger partial charge in [-0.2, -0.15) is 0 Å². The first kappa shape index (κ1) is 19.6. The molecule has 1 aliphatic heterocycles. The summed E-state index contributed by atoms with van der Waals surface area (Å²) in [6, 6.07) is 13.6. The summed E-state index contributed by atoms with van der Waals surface area (Å²) in [6.07, 6.45) is 0. The first-order valence-electron chi connectivity index (χ1n) is 8.79. The number of nitrogens with zero attached hydrogens (tertiary/aromatic N) is 1. The van der Waals surface area contributed by atoms with Crippen LogP contribution in [-0.4, -0.2) is 59.8 Å². The Hall–Kier alpha value is -2.13. The lowest BCUT2D eigenvalue weighted by Gasteiger charge is -2.26. The number of ether oxygens (including phenoxy) is 3. The van der Waals surface area contributed by atoms with E-state index >= 15 is 0 Å². The van der Waals surface area contributed by atoms with Crippen molar-refractivity contribution in [1.82, 2.24) is 9.62 Å². The number of benzene rings is 2. The molecule has 2 aromatic carbocycles. The standard InChI is InChI=1S/C19H24N2O5S/c1-24-18-4-2-3-5-19(18)26-16-6-8-17(9-7-16)27(22,23)20-10-11-21-12-14-25-15-13-21/h2-9,20H,10-15H2,1H3. The van der Waals surface area contributed by atoms with Gasteiger partial charge in [0.2, 0.25) is 10.0 Å². The Morgan fingerprint density at radius 2 is 1.70 bits per heavy atom. The Morgan fingerprint density at radius 3 is 2.37 bits per heavy atom. The summed E-state index contributed by atoms with van der Waals surface area (Å²) in [5.41, 5.74) is 0. The Labute approximate surface area is 159 Å². The average molecular weight is 392 g/mol. The summed E-state index contributed by atoms with van der Waals surface area (Å²) in [7, 11) is -1.98. The topological polar surface area (TPSA) is 77.1 Å². The zero-order valence-corrected chi connectivity index (χ0v) is 16.1. The van der Waals surface area contributed by atoms with Gasteiger partial charge in [-0.05, 0) is 36.4 Å². The molecule has 1 saturated heterocycles. The molecule has 0 bridgehead atoms. The third-order valence-electron chi connectivity index (χ3n) is 4.25. The molecule has 1 aliphatic rings. The minimum Gasteiger partial charge on any atom is -0.493 e. The van der Waals surface area contributed by atoms with Crippen molar-refractivity contribution < 1.29 is 22.6 Å². The van der Waals surface area contributed by atoms with Gasteiger partial charge >= 0.3 is 0 Å². The van der Waals surface area contributed by atoms with Crippen LogP contribution in [0.5, 0.6) is 17.2 Å². The van der Waals surface area contributed by atoms with E-state index in [1.54, 1.807) is 31.4 Å². The van der Waals surface area contributed by atoms with Gasteiger partial charge in [-0.15, -0.1) is 0 Å². The third kappa shape index (κ3) is 5.43. The number of hydrogen-bond donors (Lipinski definition) is 1. The monoisotopic (exact) mass is 392 g/mol. The van der Waals surface area contributed by atoms with Crippen molar-refractivity contribution >= 4 is 10.0 Å². The van der Waals surface area contributed by atoms with Crippen LogP contribution in [0.4, 0.5) is 0 Å². The van der Waals surface area contributed by atoms with Gasteiger partial charge in [0.25, 0.3) is 0 Å². The lowest BCUT2D eigenvalue weighted by molar-refractivity contribution is 0.0390. The zero-order chi connectivity index (χ0) is 19.1. The normalized spacial score (nSPS) is 15.4. The summed E-state index contributed by atoms with van der Waals surface area (Å²) >= 11 is 0. The summed E-state index contributed by atoms with van der Waals surface area (Å²) in [6.45, 7) is 4.08. The first-order chi connectivity index (χ1) is 13.1. The van der Waals surface area contributed by atoms with E-state index in [1.807, 2.05) is 12.1 Å². The maximum Gasteiger partial charge on any atom is 0.240 e. The number of hydrogen-bond acceptors (Lipinski definition) is 6. The molecule has 0 saturated carbocycles. The van der Waals surface area contributed by atoms with Crippen molar-refractivity contribution in [3.05, 3.63) is 48.5 Å². The Kier molecular flexibility index (Phi) is 6.68. The molecule has 0 amide bonds. The summed E-state index contributed by atoms with van der Waals surface area (Å²) < 4.78 is 43.8. The van der Waals surface area contributed by atoms with Gasteiger partial charge in [0.05, 0.1) is 25.2 Å². The van der Waals surface area contributed by atoms with Gasteiger partial charge in [0.15, 0.2) is 11.5 Å². The van der Waals surface area contributed by atoms with Gasteiger partial charge < -0.3 is 14.2 Å². The highest BCUT2D eigenvalue weighted by Gasteiger charge is 2.16. The van der Waals surface area contributed by atoms with E-state index in [1.165, 1.54) is 12.1 Å².